The van der Waals surface area contributed by atoms with Gasteiger partial charge in [0.25, 0.3) is 0 Å². The van der Waals surface area contributed by atoms with Gasteiger partial charge in [0.15, 0.2) is 0 Å². The predicted octanol–water partition coefficient (Wildman–Crippen LogP) is 1.12. The summed E-state index contributed by atoms with van der Waals surface area (Å²) in [6.07, 6.45) is 4.14. The summed E-state index contributed by atoms with van der Waals surface area (Å²) in [5.74, 6) is 0.152. The highest BCUT2D eigenvalue weighted by Crippen LogP contribution is 2.13. The van der Waals surface area contributed by atoms with Gasteiger partial charge in [-0.3, -0.25) is 5.41 Å². The standard InChI is InChI=1S/C9H16N4/c1-9(2,3)13-5-7(12-6-13)4-8(10)11/h5-6H,4H2,1-3H3,(H3,10,11). The highest BCUT2D eigenvalue weighted by atomic mass is 15.1. The minimum absolute atomic E-state index is 0.0437. The van der Waals surface area contributed by atoms with Gasteiger partial charge < -0.3 is 10.3 Å². The Balaban J connectivity index is 2.81. The van der Waals surface area contributed by atoms with Crippen molar-refractivity contribution in [2.75, 3.05) is 0 Å². The number of hydrogen-bond acceptors (Lipinski definition) is 2. The van der Waals surface area contributed by atoms with E-state index in [-0.39, 0.29) is 11.4 Å². The molecule has 0 fully saturated rings. The molecule has 0 unspecified atom stereocenters. The lowest BCUT2D eigenvalue weighted by Gasteiger charge is -2.19. The van der Waals surface area contributed by atoms with Gasteiger partial charge >= 0.3 is 0 Å². The van der Waals surface area contributed by atoms with E-state index >= 15 is 0 Å². The van der Waals surface area contributed by atoms with Crippen LogP contribution >= 0.6 is 0 Å². The van der Waals surface area contributed by atoms with E-state index < -0.39 is 0 Å². The fourth-order valence-electron chi connectivity index (χ4n) is 1.02. The van der Waals surface area contributed by atoms with Crippen molar-refractivity contribution in [2.24, 2.45) is 5.73 Å². The third-order valence-corrected chi connectivity index (χ3v) is 1.78. The summed E-state index contributed by atoms with van der Waals surface area (Å²) in [6.45, 7) is 6.31. The molecule has 0 aliphatic carbocycles. The number of hydrogen-bond donors (Lipinski definition) is 2. The zero-order chi connectivity index (χ0) is 10.1. The Morgan fingerprint density at radius 2 is 2.23 bits per heavy atom. The van der Waals surface area contributed by atoms with Crippen LogP contribution in [0.2, 0.25) is 0 Å². The minimum Gasteiger partial charge on any atom is -0.387 e. The van der Waals surface area contributed by atoms with Gasteiger partial charge in [-0.05, 0) is 20.8 Å². The molecule has 1 rings (SSSR count). The van der Waals surface area contributed by atoms with Gasteiger partial charge in [-0.15, -0.1) is 0 Å². The molecule has 4 nitrogen and oxygen atoms in total. The second-order valence-corrected chi connectivity index (χ2v) is 4.15. The molecule has 72 valence electrons. The number of rotatable bonds is 2. The molecule has 0 bridgehead atoms. The van der Waals surface area contributed by atoms with Crippen LogP contribution in [0.25, 0.3) is 0 Å². The Bertz CT molecular complexity index is 306. The van der Waals surface area contributed by atoms with E-state index in [4.69, 9.17) is 11.1 Å². The predicted molar refractivity (Wildman–Crippen MR) is 52.8 cm³/mol. The zero-order valence-electron chi connectivity index (χ0n) is 8.33. The van der Waals surface area contributed by atoms with Crippen molar-refractivity contribution in [3.63, 3.8) is 0 Å². The van der Waals surface area contributed by atoms with Crippen LogP contribution in [0.3, 0.4) is 0 Å². The van der Waals surface area contributed by atoms with E-state index in [1.165, 1.54) is 0 Å². The molecule has 1 aromatic rings. The molecular formula is C9H16N4. The van der Waals surface area contributed by atoms with Crippen LogP contribution in [0.4, 0.5) is 0 Å². The Kier molecular flexibility index (Phi) is 2.40. The maximum atomic E-state index is 7.13. The molecule has 0 atom stereocenters. The molecule has 4 heteroatoms. The molecule has 1 heterocycles. The van der Waals surface area contributed by atoms with E-state index in [2.05, 4.69) is 25.8 Å². The summed E-state index contributed by atoms with van der Waals surface area (Å²) >= 11 is 0. The minimum atomic E-state index is 0.0437. The lowest BCUT2D eigenvalue weighted by molar-refractivity contribution is 0.396. The monoisotopic (exact) mass is 180 g/mol. The summed E-state index contributed by atoms with van der Waals surface area (Å²) in [7, 11) is 0. The van der Waals surface area contributed by atoms with Crippen molar-refractivity contribution in [3.8, 4) is 0 Å². The van der Waals surface area contributed by atoms with Gasteiger partial charge in [0, 0.05) is 18.2 Å². The summed E-state index contributed by atoms with van der Waals surface area (Å²) in [4.78, 5) is 4.16. The van der Waals surface area contributed by atoms with Crippen molar-refractivity contribution in [1.29, 1.82) is 5.41 Å². The zero-order valence-corrected chi connectivity index (χ0v) is 8.33. The average molecular weight is 180 g/mol. The molecule has 0 saturated heterocycles. The first-order valence-corrected chi connectivity index (χ1v) is 4.26. The third kappa shape index (κ3) is 2.57. The summed E-state index contributed by atoms with van der Waals surface area (Å²) in [5, 5.41) is 7.13. The van der Waals surface area contributed by atoms with Crippen molar-refractivity contribution in [1.82, 2.24) is 9.55 Å². The van der Waals surface area contributed by atoms with Crippen LogP contribution in [-0.2, 0) is 12.0 Å². The SMILES string of the molecule is CC(C)(C)n1cnc(CC(=N)N)c1. The second-order valence-electron chi connectivity index (χ2n) is 4.15. The van der Waals surface area contributed by atoms with Gasteiger partial charge in [-0.2, -0.15) is 0 Å². The van der Waals surface area contributed by atoms with Gasteiger partial charge in [0.05, 0.1) is 17.9 Å². The first-order chi connectivity index (χ1) is 5.89. The lowest BCUT2D eigenvalue weighted by Crippen LogP contribution is -2.19. The van der Waals surface area contributed by atoms with Crippen LogP contribution in [0.1, 0.15) is 26.5 Å². The Morgan fingerprint density at radius 3 is 2.62 bits per heavy atom. The smallest absolute Gasteiger partial charge is 0.0966 e. The Labute approximate surface area is 78.3 Å². The maximum Gasteiger partial charge on any atom is 0.0966 e. The van der Waals surface area contributed by atoms with Crippen molar-refractivity contribution < 1.29 is 0 Å². The van der Waals surface area contributed by atoms with E-state index in [9.17, 15) is 0 Å². The Hall–Kier alpha value is -1.32. The first-order valence-electron chi connectivity index (χ1n) is 4.26. The molecule has 0 spiro atoms. The van der Waals surface area contributed by atoms with Gasteiger partial charge in [0.1, 0.15) is 0 Å². The Morgan fingerprint density at radius 1 is 1.62 bits per heavy atom. The summed E-state index contributed by atoms with van der Waals surface area (Å²) < 4.78 is 2.02. The topological polar surface area (TPSA) is 67.7 Å². The average Bonchev–Trinajstić information content (AvgIpc) is 2.32. The molecule has 1 aromatic heterocycles. The van der Waals surface area contributed by atoms with Gasteiger partial charge in [-0.1, -0.05) is 0 Å². The molecule has 0 aliphatic rings. The van der Waals surface area contributed by atoms with E-state index in [0.717, 1.165) is 5.69 Å². The van der Waals surface area contributed by atoms with Crippen molar-refractivity contribution in [3.05, 3.63) is 18.2 Å². The van der Waals surface area contributed by atoms with E-state index in [0.29, 0.717) is 6.42 Å². The van der Waals surface area contributed by atoms with Crippen LogP contribution in [0.15, 0.2) is 12.5 Å². The molecule has 0 saturated carbocycles. The summed E-state index contributed by atoms with van der Waals surface area (Å²) in [6, 6.07) is 0. The van der Waals surface area contributed by atoms with Crippen molar-refractivity contribution in [2.45, 2.75) is 32.7 Å². The quantitative estimate of drug-likeness (QED) is 0.529. The number of imidazole rings is 1. The number of nitrogens with two attached hydrogens (primary N) is 1. The van der Waals surface area contributed by atoms with Crippen LogP contribution in [-0.4, -0.2) is 15.4 Å². The van der Waals surface area contributed by atoms with Crippen LogP contribution < -0.4 is 5.73 Å². The fraction of sp³-hybridized carbons (Fsp3) is 0.556. The molecule has 13 heavy (non-hydrogen) atoms. The van der Waals surface area contributed by atoms with Crippen LogP contribution in [0.5, 0.6) is 0 Å². The maximum absolute atomic E-state index is 7.13. The number of nitrogens with zero attached hydrogens (tertiary/aromatic N) is 2. The highest BCUT2D eigenvalue weighted by molar-refractivity contribution is 5.78. The second kappa shape index (κ2) is 3.20. The van der Waals surface area contributed by atoms with Crippen molar-refractivity contribution >= 4 is 5.84 Å². The highest BCUT2D eigenvalue weighted by Gasteiger charge is 2.12. The number of amidine groups is 1. The molecular weight excluding hydrogens is 164 g/mol. The number of aromatic nitrogens is 2. The summed E-state index contributed by atoms with van der Waals surface area (Å²) in [5.41, 5.74) is 6.17. The molecule has 0 radical (unpaired) electrons. The lowest BCUT2D eigenvalue weighted by atomic mass is 10.1. The molecule has 0 amide bonds. The van der Waals surface area contributed by atoms with Gasteiger partial charge in [-0.25, -0.2) is 4.98 Å². The molecule has 3 N–H and O–H groups in total. The van der Waals surface area contributed by atoms with Gasteiger partial charge in [0.2, 0.25) is 0 Å². The number of nitrogens with one attached hydrogen (secondary N) is 1. The largest absolute Gasteiger partial charge is 0.387 e. The van der Waals surface area contributed by atoms with E-state index in [1.807, 2.05) is 10.8 Å². The molecule has 0 aromatic carbocycles. The fourth-order valence-corrected chi connectivity index (χ4v) is 1.02. The molecule has 0 aliphatic heterocycles. The first kappa shape index (κ1) is 9.77. The third-order valence-electron chi connectivity index (χ3n) is 1.78. The van der Waals surface area contributed by atoms with Crippen LogP contribution in [0, 0.1) is 5.41 Å². The normalized spacial score (nSPS) is 11.6. The van der Waals surface area contributed by atoms with E-state index in [1.54, 1.807) is 6.33 Å².